The normalized spacial score (nSPS) is 12.2. The number of benzene rings is 2. The second-order valence-corrected chi connectivity index (χ2v) is 4.25. The van der Waals surface area contributed by atoms with Crippen LogP contribution in [0, 0.1) is 17.5 Å². The van der Waals surface area contributed by atoms with Crippen molar-refractivity contribution in [3.05, 3.63) is 65.0 Å². The Kier molecular flexibility index (Phi) is 4.29. The molecule has 0 bridgehead atoms. The lowest BCUT2D eigenvalue weighted by molar-refractivity contribution is 0.385. The van der Waals surface area contributed by atoms with Gasteiger partial charge in [0, 0.05) is 5.56 Å². The smallest absolute Gasteiger partial charge is 0.165 e. The van der Waals surface area contributed by atoms with E-state index in [-0.39, 0.29) is 11.3 Å². The highest BCUT2D eigenvalue weighted by molar-refractivity contribution is 5.37. The molecule has 0 radical (unpaired) electrons. The molecule has 0 amide bonds. The Hall–Kier alpha value is -2.01. The van der Waals surface area contributed by atoms with Crippen molar-refractivity contribution < 1.29 is 17.9 Å². The van der Waals surface area contributed by atoms with Gasteiger partial charge >= 0.3 is 0 Å². The maximum absolute atomic E-state index is 13.8. The van der Waals surface area contributed by atoms with Crippen LogP contribution in [-0.4, -0.2) is 14.2 Å². The third-order valence-electron chi connectivity index (χ3n) is 3.09. The molecule has 0 heterocycles. The topological polar surface area (TPSA) is 21.3 Å². The maximum atomic E-state index is 13.8. The Morgan fingerprint density at radius 1 is 1.00 bits per heavy atom. The first-order chi connectivity index (χ1) is 9.58. The Morgan fingerprint density at radius 3 is 2.15 bits per heavy atom. The number of ether oxygens (including phenoxy) is 1. The van der Waals surface area contributed by atoms with Crippen molar-refractivity contribution in [3.8, 4) is 5.75 Å². The van der Waals surface area contributed by atoms with Gasteiger partial charge in [-0.05, 0) is 36.9 Å². The highest BCUT2D eigenvalue weighted by Crippen LogP contribution is 2.29. The van der Waals surface area contributed by atoms with E-state index in [2.05, 4.69) is 5.32 Å². The molecule has 1 unspecified atom stereocenters. The predicted molar refractivity (Wildman–Crippen MR) is 70.2 cm³/mol. The van der Waals surface area contributed by atoms with E-state index in [9.17, 15) is 13.2 Å². The second-order valence-electron chi connectivity index (χ2n) is 4.25. The Labute approximate surface area is 115 Å². The van der Waals surface area contributed by atoms with Crippen LogP contribution in [0.4, 0.5) is 13.2 Å². The molecule has 2 nitrogen and oxygen atoms in total. The van der Waals surface area contributed by atoms with Gasteiger partial charge < -0.3 is 10.1 Å². The molecular weight excluding hydrogens is 267 g/mol. The summed E-state index contributed by atoms with van der Waals surface area (Å²) in [6, 6.07) is 7.03. The molecule has 2 aromatic carbocycles. The van der Waals surface area contributed by atoms with Crippen LogP contribution in [0.1, 0.15) is 17.2 Å². The molecule has 1 atom stereocenters. The minimum Gasteiger partial charge on any atom is -0.494 e. The van der Waals surface area contributed by atoms with Crippen LogP contribution in [0.25, 0.3) is 0 Å². The van der Waals surface area contributed by atoms with Gasteiger partial charge in [0.2, 0.25) is 0 Å². The largest absolute Gasteiger partial charge is 0.494 e. The van der Waals surface area contributed by atoms with Crippen LogP contribution in [0.15, 0.2) is 36.4 Å². The number of methoxy groups -OCH3 is 1. The van der Waals surface area contributed by atoms with E-state index >= 15 is 0 Å². The van der Waals surface area contributed by atoms with Crippen molar-refractivity contribution in [1.82, 2.24) is 5.32 Å². The van der Waals surface area contributed by atoms with E-state index in [0.717, 1.165) is 0 Å². The molecule has 0 aromatic heterocycles. The van der Waals surface area contributed by atoms with Crippen LogP contribution in [0.3, 0.4) is 0 Å². The van der Waals surface area contributed by atoms with Gasteiger partial charge in [-0.2, -0.15) is 0 Å². The third kappa shape index (κ3) is 2.63. The van der Waals surface area contributed by atoms with Crippen LogP contribution < -0.4 is 10.1 Å². The summed E-state index contributed by atoms with van der Waals surface area (Å²) in [7, 11) is 2.91. The van der Waals surface area contributed by atoms with Crippen molar-refractivity contribution in [1.29, 1.82) is 0 Å². The van der Waals surface area contributed by atoms with Crippen LogP contribution >= 0.6 is 0 Å². The summed E-state index contributed by atoms with van der Waals surface area (Å²) >= 11 is 0. The summed E-state index contributed by atoms with van der Waals surface area (Å²) in [5.74, 6) is -1.86. The quantitative estimate of drug-likeness (QED) is 0.927. The Morgan fingerprint density at radius 2 is 1.65 bits per heavy atom. The molecule has 0 spiro atoms. The predicted octanol–water partition coefficient (Wildman–Crippen LogP) is 3.42. The minimum absolute atomic E-state index is 0.0811. The Bertz CT molecular complexity index is 596. The summed E-state index contributed by atoms with van der Waals surface area (Å²) in [5.41, 5.74) is 0.273. The lowest BCUT2D eigenvalue weighted by atomic mass is 9.97. The molecule has 0 aliphatic rings. The highest BCUT2D eigenvalue weighted by Gasteiger charge is 2.21. The average Bonchev–Trinajstić information content (AvgIpc) is 2.43. The molecule has 0 saturated carbocycles. The van der Waals surface area contributed by atoms with Crippen molar-refractivity contribution in [3.63, 3.8) is 0 Å². The average molecular weight is 281 g/mol. The van der Waals surface area contributed by atoms with Gasteiger partial charge in [-0.15, -0.1) is 0 Å². The third-order valence-corrected chi connectivity index (χ3v) is 3.09. The molecule has 0 saturated heterocycles. The van der Waals surface area contributed by atoms with Crippen LogP contribution in [0.2, 0.25) is 0 Å². The lowest BCUT2D eigenvalue weighted by Crippen LogP contribution is -2.20. The van der Waals surface area contributed by atoms with Crippen molar-refractivity contribution in [2.45, 2.75) is 6.04 Å². The summed E-state index contributed by atoms with van der Waals surface area (Å²) in [5, 5.41) is 2.79. The SMILES string of the molecule is CNC(c1ccc(OC)c(F)c1)c1c(F)cccc1F. The molecular formula is C15H14F3NO. The van der Waals surface area contributed by atoms with E-state index < -0.39 is 23.5 Å². The fourth-order valence-electron chi connectivity index (χ4n) is 2.13. The highest BCUT2D eigenvalue weighted by atomic mass is 19.1. The van der Waals surface area contributed by atoms with Crippen LogP contribution in [0.5, 0.6) is 5.75 Å². The van der Waals surface area contributed by atoms with Gasteiger partial charge in [0.15, 0.2) is 11.6 Å². The minimum atomic E-state index is -0.781. The monoisotopic (exact) mass is 281 g/mol. The molecule has 1 N–H and O–H groups in total. The van der Waals surface area contributed by atoms with Crippen molar-refractivity contribution in [2.24, 2.45) is 0 Å². The van der Waals surface area contributed by atoms with Crippen molar-refractivity contribution >= 4 is 0 Å². The molecule has 5 heteroatoms. The molecule has 20 heavy (non-hydrogen) atoms. The Balaban J connectivity index is 2.50. The first-order valence-electron chi connectivity index (χ1n) is 6.03. The zero-order chi connectivity index (χ0) is 14.7. The molecule has 2 aromatic rings. The van der Waals surface area contributed by atoms with Gasteiger partial charge in [0.25, 0.3) is 0 Å². The molecule has 0 fully saturated rings. The van der Waals surface area contributed by atoms with E-state index in [0.29, 0.717) is 5.56 Å². The van der Waals surface area contributed by atoms with Gasteiger partial charge in [-0.3, -0.25) is 0 Å². The van der Waals surface area contributed by atoms with E-state index in [1.54, 1.807) is 13.1 Å². The maximum Gasteiger partial charge on any atom is 0.165 e. The summed E-state index contributed by atoms with van der Waals surface area (Å²) in [4.78, 5) is 0. The second kappa shape index (κ2) is 5.96. The van der Waals surface area contributed by atoms with Gasteiger partial charge in [-0.1, -0.05) is 12.1 Å². The van der Waals surface area contributed by atoms with Gasteiger partial charge in [-0.25, -0.2) is 13.2 Å². The van der Waals surface area contributed by atoms with Crippen molar-refractivity contribution in [2.75, 3.05) is 14.2 Å². The first-order valence-corrected chi connectivity index (χ1v) is 6.03. The number of halogens is 3. The number of rotatable bonds is 4. The van der Waals surface area contributed by atoms with Gasteiger partial charge in [0.1, 0.15) is 11.6 Å². The summed E-state index contributed by atoms with van der Waals surface area (Å²) in [6.45, 7) is 0. The molecule has 0 aliphatic heterocycles. The number of hydrogen-bond acceptors (Lipinski definition) is 2. The number of hydrogen-bond donors (Lipinski definition) is 1. The standard InChI is InChI=1S/C15H14F3NO/c1-19-15(14-10(16)4-3-5-11(14)17)9-6-7-13(20-2)12(18)8-9/h3-8,15,19H,1-2H3. The first kappa shape index (κ1) is 14.4. The fourth-order valence-corrected chi connectivity index (χ4v) is 2.13. The van der Waals surface area contributed by atoms with Gasteiger partial charge in [0.05, 0.1) is 13.2 Å². The van der Waals surface area contributed by atoms with Crippen LogP contribution in [-0.2, 0) is 0 Å². The molecule has 0 aliphatic carbocycles. The van der Waals surface area contributed by atoms with E-state index in [1.807, 2.05) is 0 Å². The summed E-state index contributed by atoms with van der Waals surface area (Å²) in [6.07, 6.45) is 0. The van der Waals surface area contributed by atoms with E-state index in [1.165, 1.54) is 37.4 Å². The number of nitrogens with one attached hydrogen (secondary N) is 1. The fraction of sp³-hybridized carbons (Fsp3) is 0.200. The molecule has 106 valence electrons. The summed E-state index contributed by atoms with van der Waals surface area (Å²) < 4.78 is 46.2. The molecule has 2 rings (SSSR count). The lowest BCUT2D eigenvalue weighted by Gasteiger charge is -2.19. The van der Waals surface area contributed by atoms with E-state index in [4.69, 9.17) is 4.74 Å². The zero-order valence-corrected chi connectivity index (χ0v) is 11.1. The zero-order valence-electron chi connectivity index (χ0n) is 11.1.